The number of benzene rings is 1. The van der Waals surface area contributed by atoms with Gasteiger partial charge >= 0.3 is 6.18 Å². The third kappa shape index (κ3) is 4.09. The maximum absolute atomic E-state index is 12.6. The van der Waals surface area contributed by atoms with Gasteiger partial charge in [0.15, 0.2) is 0 Å². The van der Waals surface area contributed by atoms with Gasteiger partial charge in [-0.15, -0.1) is 0 Å². The number of pyridine rings is 1. The Morgan fingerprint density at radius 3 is 2.67 bits per heavy atom. The van der Waals surface area contributed by atoms with Gasteiger partial charge in [-0.2, -0.15) is 13.2 Å². The molecule has 0 bridgehead atoms. The highest BCUT2D eigenvalue weighted by Crippen LogP contribution is 2.33. The van der Waals surface area contributed by atoms with E-state index < -0.39 is 11.7 Å². The minimum atomic E-state index is -4.42. The summed E-state index contributed by atoms with van der Waals surface area (Å²) in [6, 6.07) is 6.20. The Labute approximate surface area is 124 Å². The third-order valence-electron chi connectivity index (χ3n) is 2.62. The Morgan fingerprint density at radius 2 is 2.05 bits per heavy atom. The molecule has 2 aromatic rings. The predicted octanol–water partition coefficient (Wildman–Crippen LogP) is 4.27. The first-order valence-electron chi connectivity index (χ1n) is 6.04. The molecule has 1 heterocycles. The molecule has 1 N–H and O–H groups in total. The monoisotopic (exact) mass is 316 g/mol. The summed E-state index contributed by atoms with van der Waals surface area (Å²) in [7, 11) is 1.78. The van der Waals surface area contributed by atoms with Crippen LogP contribution < -0.4 is 10.1 Å². The molecule has 0 radical (unpaired) electrons. The van der Waals surface area contributed by atoms with E-state index in [0.717, 1.165) is 17.7 Å². The zero-order chi connectivity index (χ0) is 15.5. The smallest absolute Gasteiger partial charge is 0.416 e. The largest absolute Gasteiger partial charge is 0.438 e. The van der Waals surface area contributed by atoms with Crippen LogP contribution in [0.3, 0.4) is 0 Å². The maximum Gasteiger partial charge on any atom is 0.416 e. The van der Waals surface area contributed by atoms with E-state index in [0.29, 0.717) is 6.54 Å². The molecule has 7 heteroatoms. The molecule has 2 rings (SSSR count). The quantitative estimate of drug-likeness (QED) is 0.915. The first kappa shape index (κ1) is 15.6. The molecule has 1 aromatic carbocycles. The molecule has 3 nitrogen and oxygen atoms in total. The molecule has 0 saturated carbocycles. The molecule has 21 heavy (non-hydrogen) atoms. The lowest BCUT2D eigenvalue weighted by atomic mass is 10.2. The number of nitrogens with one attached hydrogen (secondary N) is 1. The average molecular weight is 317 g/mol. The van der Waals surface area contributed by atoms with Gasteiger partial charge in [0.2, 0.25) is 5.88 Å². The highest BCUT2D eigenvalue weighted by Gasteiger charge is 2.30. The highest BCUT2D eigenvalue weighted by atomic mass is 35.5. The van der Waals surface area contributed by atoms with E-state index in [1.165, 1.54) is 12.1 Å². The van der Waals surface area contributed by atoms with E-state index in [4.69, 9.17) is 16.3 Å². The number of hydrogen-bond donors (Lipinski definition) is 1. The molecular weight excluding hydrogens is 305 g/mol. The van der Waals surface area contributed by atoms with Gasteiger partial charge in [-0.1, -0.05) is 17.7 Å². The maximum atomic E-state index is 12.6. The number of ether oxygens (including phenoxy) is 1. The summed E-state index contributed by atoms with van der Waals surface area (Å²) in [5.74, 6) is 0.0939. The molecule has 0 aliphatic carbocycles. The summed E-state index contributed by atoms with van der Waals surface area (Å²) >= 11 is 6.01. The van der Waals surface area contributed by atoms with Crippen LogP contribution in [0.4, 0.5) is 13.2 Å². The topological polar surface area (TPSA) is 34.2 Å². The average Bonchev–Trinajstić information content (AvgIpc) is 2.42. The van der Waals surface area contributed by atoms with Gasteiger partial charge in [0.1, 0.15) is 10.8 Å². The van der Waals surface area contributed by atoms with E-state index in [2.05, 4.69) is 10.3 Å². The van der Waals surface area contributed by atoms with Gasteiger partial charge in [-0.3, -0.25) is 0 Å². The van der Waals surface area contributed by atoms with Gasteiger partial charge in [0, 0.05) is 12.7 Å². The van der Waals surface area contributed by atoms with E-state index in [1.54, 1.807) is 19.3 Å². The van der Waals surface area contributed by atoms with Crippen molar-refractivity contribution in [3.63, 3.8) is 0 Å². The van der Waals surface area contributed by atoms with E-state index in [9.17, 15) is 13.2 Å². The molecule has 0 saturated heterocycles. The summed E-state index contributed by atoms with van der Waals surface area (Å²) < 4.78 is 43.2. The van der Waals surface area contributed by atoms with Gasteiger partial charge in [0.25, 0.3) is 0 Å². The summed E-state index contributed by atoms with van der Waals surface area (Å²) in [5.41, 5.74) is 0.0572. The Bertz CT molecular complexity index is 632. The summed E-state index contributed by atoms with van der Waals surface area (Å²) in [6.45, 7) is 0.580. The lowest BCUT2D eigenvalue weighted by Gasteiger charge is -2.10. The van der Waals surface area contributed by atoms with Crippen LogP contribution in [-0.2, 0) is 12.7 Å². The van der Waals surface area contributed by atoms with Crippen molar-refractivity contribution in [2.75, 3.05) is 7.05 Å². The number of halogens is 4. The SMILES string of the molecule is CNCc1cnc(Oc2cccc(C(F)(F)F)c2)c(Cl)c1. The number of nitrogens with zero attached hydrogens (tertiary/aromatic N) is 1. The van der Waals surface area contributed by atoms with E-state index >= 15 is 0 Å². The predicted molar refractivity (Wildman–Crippen MR) is 73.5 cm³/mol. The molecule has 0 aliphatic heterocycles. The van der Waals surface area contributed by atoms with Crippen LogP contribution in [0, 0.1) is 0 Å². The number of hydrogen-bond acceptors (Lipinski definition) is 3. The molecule has 0 spiro atoms. The highest BCUT2D eigenvalue weighted by molar-refractivity contribution is 6.31. The normalized spacial score (nSPS) is 11.5. The van der Waals surface area contributed by atoms with Crippen LogP contribution in [0.15, 0.2) is 36.5 Å². The van der Waals surface area contributed by atoms with Crippen LogP contribution in [0.2, 0.25) is 5.02 Å². The van der Waals surface area contributed by atoms with Gasteiger partial charge in [0.05, 0.1) is 5.56 Å². The first-order chi connectivity index (χ1) is 9.90. The van der Waals surface area contributed by atoms with Gasteiger partial charge < -0.3 is 10.1 Å². The Hall–Kier alpha value is -1.79. The third-order valence-corrected chi connectivity index (χ3v) is 2.89. The summed E-state index contributed by atoms with van der Waals surface area (Å²) in [4.78, 5) is 4.01. The number of aromatic nitrogens is 1. The van der Waals surface area contributed by atoms with Crippen molar-refractivity contribution < 1.29 is 17.9 Å². The van der Waals surface area contributed by atoms with Crippen molar-refractivity contribution in [1.29, 1.82) is 0 Å². The van der Waals surface area contributed by atoms with Crippen molar-refractivity contribution in [1.82, 2.24) is 10.3 Å². The van der Waals surface area contributed by atoms with Crippen molar-refractivity contribution >= 4 is 11.6 Å². The zero-order valence-corrected chi connectivity index (χ0v) is 11.8. The standard InChI is InChI=1S/C14H12ClF3N2O/c1-19-7-9-5-12(15)13(20-8-9)21-11-4-2-3-10(6-11)14(16,17)18/h2-6,8,19H,7H2,1H3. The van der Waals surface area contributed by atoms with Gasteiger partial charge in [-0.05, 0) is 36.9 Å². The Morgan fingerprint density at radius 1 is 1.29 bits per heavy atom. The molecule has 112 valence electrons. The van der Waals surface area contributed by atoms with Crippen molar-refractivity contribution in [2.45, 2.75) is 12.7 Å². The minimum Gasteiger partial charge on any atom is -0.438 e. The Balaban J connectivity index is 2.22. The van der Waals surface area contributed by atoms with Crippen molar-refractivity contribution in [3.05, 3.63) is 52.7 Å². The second kappa shape index (κ2) is 6.32. The lowest BCUT2D eigenvalue weighted by molar-refractivity contribution is -0.137. The first-order valence-corrected chi connectivity index (χ1v) is 6.42. The summed E-state index contributed by atoms with van der Waals surface area (Å²) in [5, 5.41) is 3.18. The van der Waals surface area contributed by atoms with Crippen LogP contribution in [0.1, 0.15) is 11.1 Å². The second-order valence-corrected chi connectivity index (χ2v) is 4.70. The zero-order valence-electron chi connectivity index (χ0n) is 11.0. The summed E-state index contributed by atoms with van der Waals surface area (Å²) in [6.07, 6.45) is -2.88. The number of alkyl halides is 3. The molecule has 0 unspecified atom stereocenters. The van der Waals surface area contributed by atoms with Gasteiger partial charge in [-0.25, -0.2) is 4.98 Å². The lowest BCUT2D eigenvalue weighted by Crippen LogP contribution is -2.06. The minimum absolute atomic E-state index is 0.0283. The van der Waals surface area contributed by atoms with E-state index in [1.807, 2.05) is 0 Å². The molecule has 1 aromatic heterocycles. The molecule has 0 atom stereocenters. The Kier molecular flexibility index (Phi) is 4.69. The van der Waals surface area contributed by atoms with Crippen LogP contribution in [0.25, 0.3) is 0 Å². The van der Waals surface area contributed by atoms with E-state index in [-0.39, 0.29) is 16.7 Å². The fourth-order valence-electron chi connectivity index (χ4n) is 1.69. The second-order valence-electron chi connectivity index (χ2n) is 4.29. The van der Waals surface area contributed by atoms with Crippen molar-refractivity contribution in [3.8, 4) is 11.6 Å². The molecular formula is C14H12ClF3N2O. The van der Waals surface area contributed by atoms with Crippen LogP contribution in [-0.4, -0.2) is 12.0 Å². The van der Waals surface area contributed by atoms with Crippen LogP contribution in [0.5, 0.6) is 11.6 Å². The van der Waals surface area contributed by atoms with Crippen LogP contribution >= 0.6 is 11.6 Å². The number of rotatable bonds is 4. The molecule has 0 aliphatic rings. The molecule has 0 fully saturated rings. The fraction of sp³-hybridized carbons (Fsp3) is 0.214. The molecule has 0 amide bonds. The fourth-order valence-corrected chi connectivity index (χ4v) is 1.92. The van der Waals surface area contributed by atoms with Crippen molar-refractivity contribution in [2.24, 2.45) is 0 Å².